The van der Waals surface area contributed by atoms with E-state index in [2.05, 4.69) is 5.10 Å². The van der Waals surface area contributed by atoms with Gasteiger partial charge in [-0.25, -0.2) is 17.9 Å². The van der Waals surface area contributed by atoms with Crippen molar-refractivity contribution in [3.8, 4) is 11.6 Å². The molecule has 0 atom stereocenters. The molecule has 2 aromatic rings. The summed E-state index contributed by atoms with van der Waals surface area (Å²) in [5.74, 6) is -1.27. The van der Waals surface area contributed by atoms with E-state index in [1.165, 1.54) is 28.9 Å². The number of carboxylic acid groups (broad SMARTS) is 1. The van der Waals surface area contributed by atoms with E-state index >= 15 is 0 Å². The minimum absolute atomic E-state index is 0.0380. The molecule has 0 fully saturated rings. The third-order valence-electron chi connectivity index (χ3n) is 3.08. The van der Waals surface area contributed by atoms with Gasteiger partial charge >= 0.3 is 5.97 Å². The van der Waals surface area contributed by atoms with Crippen molar-refractivity contribution in [2.45, 2.75) is 24.8 Å². The van der Waals surface area contributed by atoms with Gasteiger partial charge in [0.25, 0.3) is 5.56 Å². The van der Waals surface area contributed by atoms with E-state index in [0.29, 0.717) is 13.0 Å². The van der Waals surface area contributed by atoms with Gasteiger partial charge in [-0.1, -0.05) is 6.92 Å². The molecule has 24 heavy (non-hydrogen) atoms. The zero-order chi connectivity index (χ0) is 17.9. The van der Waals surface area contributed by atoms with Crippen molar-refractivity contribution in [3.05, 3.63) is 46.2 Å². The van der Waals surface area contributed by atoms with E-state index in [0.717, 1.165) is 12.3 Å². The van der Waals surface area contributed by atoms with E-state index < -0.39 is 15.8 Å². The zero-order valence-electron chi connectivity index (χ0n) is 13.1. The molecule has 1 aromatic carbocycles. The first-order valence-electron chi connectivity index (χ1n) is 7.06. The molecule has 0 spiro atoms. The molecule has 0 saturated heterocycles. The van der Waals surface area contributed by atoms with Crippen molar-refractivity contribution in [2.75, 3.05) is 6.26 Å². The summed E-state index contributed by atoms with van der Waals surface area (Å²) in [6, 6.07) is 6.09. The lowest BCUT2D eigenvalue weighted by Crippen LogP contribution is -2.21. The van der Waals surface area contributed by atoms with Crippen LogP contribution < -0.4 is 10.3 Å². The summed E-state index contributed by atoms with van der Waals surface area (Å²) in [5.41, 5.74) is -0.472. The summed E-state index contributed by atoms with van der Waals surface area (Å²) in [6.07, 6.45) is 1.64. The van der Waals surface area contributed by atoms with E-state index in [-0.39, 0.29) is 27.6 Å². The maximum Gasteiger partial charge on any atom is 0.335 e. The van der Waals surface area contributed by atoms with Crippen LogP contribution in [0, 0.1) is 0 Å². The molecule has 0 amide bonds. The number of rotatable bonds is 6. The van der Waals surface area contributed by atoms with Gasteiger partial charge in [0.15, 0.2) is 9.84 Å². The average molecular weight is 352 g/mol. The number of hydrogen-bond donors (Lipinski definition) is 1. The van der Waals surface area contributed by atoms with Crippen LogP contribution in [0.3, 0.4) is 0 Å². The molecule has 0 saturated carbocycles. The monoisotopic (exact) mass is 352 g/mol. The Morgan fingerprint density at radius 2 is 2.00 bits per heavy atom. The number of carbonyl (C=O) groups is 1. The van der Waals surface area contributed by atoms with Crippen LogP contribution in [0.2, 0.25) is 0 Å². The normalized spacial score (nSPS) is 11.2. The molecule has 0 radical (unpaired) electrons. The van der Waals surface area contributed by atoms with Crippen LogP contribution in [0.25, 0.3) is 0 Å². The van der Waals surface area contributed by atoms with Gasteiger partial charge in [-0.2, -0.15) is 0 Å². The molecule has 0 aliphatic carbocycles. The van der Waals surface area contributed by atoms with Crippen molar-refractivity contribution >= 4 is 15.8 Å². The lowest BCUT2D eigenvalue weighted by molar-refractivity contribution is 0.0696. The summed E-state index contributed by atoms with van der Waals surface area (Å²) in [4.78, 5) is 22.4. The van der Waals surface area contributed by atoms with Crippen LogP contribution in [0.15, 0.2) is 40.0 Å². The van der Waals surface area contributed by atoms with Gasteiger partial charge in [-0.05, 0) is 24.6 Å². The highest BCUT2D eigenvalue weighted by Gasteiger charge is 2.19. The summed E-state index contributed by atoms with van der Waals surface area (Å²) in [5, 5.41) is 13.0. The van der Waals surface area contributed by atoms with Crippen molar-refractivity contribution in [1.82, 2.24) is 9.78 Å². The van der Waals surface area contributed by atoms with Crippen molar-refractivity contribution in [2.24, 2.45) is 0 Å². The van der Waals surface area contributed by atoms with Gasteiger partial charge in [0.1, 0.15) is 10.6 Å². The lowest BCUT2D eigenvalue weighted by atomic mass is 10.2. The van der Waals surface area contributed by atoms with Gasteiger partial charge in [-0.15, -0.1) is 5.10 Å². The minimum atomic E-state index is -3.72. The van der Waals surface area contributed by atoms with Crippen molar-refractivity contribution in [1.29, 1.82) is 0 Å². The highest BCUT2D eigenvalue weighted by atomic mass is 32.2. The fraction of sp³-hybridized carbons (Fsp3) is 0.267. The largest absolute Gasteiger partial charge is 0.478 e. The Kier molecular flexibility index (Phi) is 5.03. The average Bonchev–Trinajstić information content (AvgIpc) is 2.50. The summed E-state index contributed by atoms with van der Waals surface area (Å²) >= 11 is 0. The quantitative estimate of drug-likeness (QED) is 0.838. The molecule has 8 nitrogen and oxygen atoms in total. The number of aryl methyl sites for hydroxylation is 1. The molecule has 128 valence electrons. The lowest BCUT2D eigenvalue weighted by Gasteiger charge is -2.11. The number of ether oxygens (including phenoxy) is 1. The fourth-order valence-corrected chi connectivity index (χ4v) is 2.80. The molecule has 2 rings (SSSR count). The summed E-state index contributed by atoms with van der Waals surface area (Å²) < 4.78 is 30.5. The van der Waals surface area contributed by atoms with Gasteiger partial charge in [0.2, 0.25) is 5.88 Å². The molecule has 1 heterocycles. The van der Waals surface area contributed by atoms with E-state index in [1.807, 2.05) is 6.92 Å². The molecule has 9 heteroatoms. The van der Waals surface area contributed by atoms with E-state index in [4.69, 9.17) is 9.84 Å². The first-order valence-corrected chi connectivity index (χ1v) is 8.95. The van der Waals surface area contributed by atoms with Crippen LogP contribution in [0.5, 0.6) is 11.6 Å². The molecule has 0 aliphatic rings. The number of hydrogen-bond acceptors (Lipinski definition) is 6. The van der Waals surface area contributed by atoms with Crippen LogP contribution in [0.4, 0.5) is 0 Å². The van der Waals surface area contributed by atoms with Crippen LogP contribution in [-0.4, -0.2) is 35.5 Å². The van der Waals surface area contributed by atoms with Gasteiger partial charge in [-0.3, -0.25) is 4.79 Å². The number of sulfone groups is 1. The number of benzene rings is 1. The Balaban J connectivity index is 2.48. The van der Waals surface area contributed by atoms with E-state index in [1.54, 1.807) is 0 Å². The second kappa shape index (κ2) is 6.83. The van der Waals surface area contributed by atoms with E-state index in [9.17, 15) is 18.0 Å². The summed E-state index contributed by atoms with van der Waals surface area (Å²) in [7, 11) is -3.72. The summed E-state index contributed by atoms with van der Waals surface area (Å²) in [6.45, 7) is 2.28. The highest BCUT2D eigenvalue weighted by Crippen LogP contribution is 2.28. The van der Waals surface area contributed by atoms with Crippen molar-refractivity contribution < 1.29 is 23.1 Å². The first kappa shape index (κ1) is 17.7. The third-order valence-corrected chi connectivity index (χ3v) is 4.20. The predicted molar refractivity (Wildman–Crippen MR) is 85.4 cm³/mol. The molecule has 1 N–H and O–H groups in total. The molecule has 1 aromatic heterocycles. The van der Waals surface area contributed by atoms with Crippen molar-refractivity contribution in [3.63, 3.8) is 0 Å². The molecular formula is C15H16N2O6S. The maximum atomic E-state index is 11.9. The molecule has 0 aliphatic heterocycles. The SMILES string of the molecule is CCCn1nc(Oc2ccc(C(=O)O)cc2S(C)(=O)=O)ccc1=O. The number of aromatic nitrogens is 2. The molecular weight excluding hydrogens is 336 g/mol. The Morgan fingerprint density at radius 1 is 1.29 bits per heavy atom. The number of nitrogens with zero attached hydrogens (tertiary/aromatic N) is 2. The third kappa shape index (κ3) is 3.99. The van der Waals surface area contributed by atoms with Crippen LogP contribution in [-0.2, 0) is 16.4 Å². The topological polar surface area (TPSA) is 116 Å². The Morgan fingerprint density at radius 3 is 2.58 bits per heavy atom. The second-order valence-electron chi connectivity index (χ2n) is 5.07. The smallest absolute Gasteiger partial charge is 0.335 e. The number of aromatic carboxylic acids is 1. The van der Waals surface area contributed by atoms with Gasteiger partial charge < -0.3 is 9.84 Å². The Bertz CT molecular complexity index is 933. The van der Waals surface area contributed by atoms with Gasteiger partial charge in [0, 0.05) is 24.9 Å². The number of carboxylic acids is 1. The molecule has 0 bridgehead atoms. The predicted octanol–water partition coefficient (Wildman–Crippen LogP) is 1.55. The minimum Gasteiger partial charge on any atom is -0.478 e. The Hall–Kier alpha value is -2.68. The van der Waals surface area contributed by atoms with Crippen LogP contribution in [0.1, 0.15) is 23.7 Å². The molecule has 0 unspecified atom stereocenters. The maximum absolute atomic E-state index is 11.9. The fourth-order valence-electron chi connectivity index (χ4n) is 1.98. The Labute approximate surface area is 138 Å². The standard InChI is InChI=1S/C15H16N2O6S/c1-3-8-17-14(18)7-6-13(16-17)23-11-5-4-10(15(19)20)9-12(11)24(2,21)22/h4-7,9H,3,8H2,1-2H3,(H,19,20). The van der Waals surface area contributed by atoms with Crippen LogP contribution >= 0.6 is 0 Å². The highest BCUT2D eigenvalue weighted by molar-refractivity contribution is 7.90. The van der Waals surface area contributed by atoms with Gasteiger partial charge in [0.05, 0.1) is 5.56 Å². The zero-order valence-corrected chi connectivity index (χ0v) is 13.9. The first-order chi connectivity index (χ1) is 11.2. The second-order valence-corrected chi connectivity index (χ2v) is 7.06.